The molecule has 2 aliphatic heterocycles. The van der Waals surface area contributed by atoms with Crippen LogP contribution in [-0.4, -0.2) is 6.85 Å². The molecule has 5 heterocycles. The van der Waals surface area contributed by atoms with Crippen LogP contribution in [0.1, 0.15) is 77.0 Å². The smallest absolute Gasteiger partial charge is 0.333 e. The lowest BCUT2D eigenvalue weighted by molar-refractivity contribution is 0.332. The van der Waals surface area contributed by atoms with Crippen molar-refractivity contribution in [1.82, 2.24) is 0 Å². The Balaban J connectivity index is 1.08. The molecule has 0 fully saturated rings. The second kappa shape index (κ2) is 17.5. The monoisotopic (exact) mass is 1030 g/mol. The molecule has 0 bridgehead atoms. The van der Waals surface area contributed by atoms with Crippen LogP contribution in [0.15, 0.2) is 220 Å². The van der Waals surface area contributed by atoms with E-state index in [0.717, 1.165) is 154 Å². The molecular formula is C74H59BN2O3. The minimum absolute atomic E-state index is 0.0351. The summed E-state index contributed by atoms with van der Waals surface area (Å²) < 4.78 is 21.9. The molecule has 16 rings (SSSR count). The average molecular weight is 1040 g/mol. The van der Waals surface area contributed by atoms with Crippen LogP contribution in [0.3, 0.4) is 0 Å². The van der Waals surface area contributed by atoms with Crippen molar-refractivity contribution in [1.29, 1.82) is 0 Å². The number of para-hydroxylation sites is 2. The molecule has 0 saturated heterocycles. The Morgan fingerprint density at radius 3 is 1.82 bits per heavy atom. The van der Waals surface area contributed by atoms with Gasteiger partial charge >= 0.3 is 6.85 Å². The molecule has 386 valence electrons. The van der Waals surface area contributed by atoms with E-state index >= 15 is 0 Å². The lowest BCUT2D eigenvalue weighted by atomic mass is 9.43. The number of aryl methyl sites for hydroxylation is 1. The average Bonchev–Trinajstić information content (AvgIpc) is 4.26. The van der Waals surface area contributed by atoms with Gasteiger partial charge in [0.15, 0.2) is 5.58 Å². The van der Waals surface area contributed by atoms with Gasteiger partial charge in [-0.1, -0.05) is 174 Å². The van der Waals surface area contributed by atoms with Crippen LogP contribution in [0, 0.1) is 0 Å². The van der Waals surface area contributed by atoms with E-state index in [9.17, 15) is 0 Å². The number of rotatable bonds is 8. The van der Waals surface area contributed by atoms with Crippen molar-refractivity contribution in [2.75, 3.05) is 9.71 Å². The first-order valence-electron chi connectivity index (χ1n) is 28.7. The number of hydrogen-bond acceptors (Lipinski definition) is 5. The maximum atomic E-state index is 7.39. The van der Waals surface area contributed by atoms with Crippen LogP contribution >= 0.6 is 0 Å². The molecule has 6 heteroatoms. The quantitative estimate of drug-likeness (QED) is 0.142. The first-order chi connectivity index (χ1) is 39.1. The number of furan rings is 3. The number of benzene rings is 10. The van der Waals surface area contributed by atoms with Crippen molar-refractivity contribution in [3.63, 3.8) is 0 Å². The number of hydrogen-bond donors (Lipinski definition) is 0. The van der Waals surface area contributed by atoms with Gasteiger partial charge in [0.1, 0.15) is 28.1 Å². The molecule has 0 N–H and O–H groups in total. The van der Waals surface area contributed by atoms with E-state index in [4.69, 9.17) is 13.3 Å². The lowest BCUT2D eigenvalue weighted by Gasteiger charge is -2.45. The fraction of sp³-hybridized carbons (Fsp3) is 0.162. The highest BCUT2D eigenvalue weighted by molar-refractivity contribution is 6.94. The summed E-state index contributed by atoms with van der Waals surface area (Å²) in [6.45, 7) is 11.6. The highest BCUT2D eigenvalue weighted by Gasteiger charge is 2.48. The van der Waals surface area contributed by atoms with Crippen LogP contribution in [0.5, 0.6) is 0 Å². The van der Waals surface area contributed by atoms with Gasteiger partial charge in [0.05, 0.1) is 11.4 Å². The zero-order valence-corrected chi connectivity index (χ0v) is 45.9. The van der Waals surface area contributed by atoms with Crippen molar-refractivity contribution in [3.8, 4) is 44.7 Å². The molecule has 0 atom stereocenters. The third kappa shape index (κ3) is 6.97. The molecule has 10 aromatic carbocycles. The largest absolute Gasteiger partial charge is 0.456 e. The third-order valence-electron chi connectivity index (χ3n) is 18.3. The first kappa shape index (κ1) is 47.0. The van der Waals surface area contributed by atoms with Gasteiger partial charge in [0.25, 0.3) is 0 Å². The van der Waals surface area contributed by atoms with Gasteiger partial charge in [-0.25, -0.2) is 0 Å². The van der Waals surface area contributed by atoms with Crippen molar-refractivity contribution in [2.45, 2.75) is 77.6 Å². The predicted molar refractivity (Wildman–Crippen MR) is 335 cm³/mol. The standard InChI is InChI=1S/C74H59BN2O3/c1-6-7-22-45-33-34-61(51(37-45)46-23-12-8-13-24-46)76-63-41-57-66(80-71(48-27-16-10-17-28-48)68(57)47-25-14-9-15-26-47)43-60(63)75-69-55(39-56-50-31-20-21-32-64(50)79-72(56)70(69)76)52-38-53-54-40-58-59(74(4,5)36-35-73(58,2)3)42-65(54)78-67(53)44-62(52)77(75)49-29-18-11-19-30-49/h8-21,23-34,37-44H,6-7,22,35-36H2,1-5H3. The Morgan fingerprint density at radius 1 is 0.463 bits per heavy atom. The highest BCUT2D eigenvalue weighted by atomic mass is 16.3. The van der Waals surface area contributed by atoms with E-state index in [1.54, 1.807) is 0 Å². The second-order valence-electron chi connectivity index (χ2n) is 24.0. The molecule has 13 aromatic rings. The molecule has 80 heavy (non-hydrogen) atoms. The van der Waals surface area contributed by atoms with Gasteiger partial charge in [-0.3, -0.25) is 0 Å². The summed E-state index contributed by atoms with van der Waals surface area (Å²) in [5.41, 5.74) is 24.1. The zero-order valence-electron chi connectivity index (χ0n) is 45.9. The molecule has 0 radical (unpaired) electrons. The Kier molecular flexibility index (Phi) is 10.3. The van der Waals surface area contributed by atoms with Gasteiger partial charge < -0.3 is 23.0 Å². The SMILES string of the molecule is CCCCc1ccc(N2c3cc4c(-c5ccccc5)c(-c5ccccc5)oc4cc3B3c4c(cc5c(oc6ccccc65)c42)-c2cc4c(cc2N3c2ccccc2)oc2cc3c(cc24)C(C)(C)CCC3(C)C)c(-c2ccccc2)c1. The zero-order chi connectivity index (χ0) is 53.6. The fourth-order valence-electron chi connectivity index (χ4n) is 14.1. The van der Waals surface area contributed by atoms with Crippen LogP contribution in [-0.2, 0) is 17.3 Å². The van der Waals surface area contributed by atoms with Crippen LogP contribution in [0.2, 0.25) is 0 Å². The normalized spacial score (nSPS) is 15.0. The summed E-state index contributed by atoms with van der Waals surface area (Å²) >= 11 is 0. The summed E-state index contributed by atoms with van der Waals surface area (Å²) in [4.78, 5) is 5.15. The van der Waals surface area contributed by atoms with E-state index in [2.05, 4.69) is 251 Å². The molecule has 3 aromatic heterocycles. The maximum absolute atomic E-state index is 7.39. The summed E-state index contributed by atoms with van der Waals surface area (Å²) in [6, 6.07) is 75.9. The van der Waals surface area contributed by atoms with Crippen LogP contribution in [0.25, 0.3) is 99.6 Å². The van der Waals surface area contributed by atoms with Gasteiger partial charge in [-0.05, 0) is 148 Å². The lowest BCUT2D eigenvalue weighted by Crippen LogP contribution is -2.61. The van der Waals surface area contributed by atoms with E-state index < -0.39 is 0 Å². The topological polar surface area (TPSA) is 45.9 Å². The number of fused-ring (bicyclic) bond motifs is 13. The molecular weight excluding hydrogens is 976 g/mol. The maximum Gasteiger partial charge on any atom is 0.333 e. The number of nitrogens with zero attached hydrogens (tertiary/aromatic N) is 2. The predicted octanol–water partition coefficient (Wildman–Crippen LogP) is 19.6. The molecule has 0 spiro atoms. The summed E-state index contributed by atoms with van der Waals surface area (Å²) in [5, 5.41) is 5.50. The number of anilines is 5. The summed E-state index contributed by atoms with van der Waals surface area (Å²) in [7, 11) is 0. The third-order valence-corrected chi connectivity index (χ3v) is 18.3. The van der Waals surface area contributed by atoms with Crippen molar-refractivity contribution >= 4 is 101 Å². The van der Waals surface area contributed by atoms with Gasteiger partial charge in [-0.15, -0.1) is 0 Å². The molecule has 3 aliphatic rings. The Morgan fingerprint density at radius 2 is 1.09 bits per heavy atom. The van der Waals surface area contributed by atoms with E-state index in [1.807, 2.05) is 0 Å². The first-order valence-corrected chi connectivity index (χ1v) is 28.7. The Labute approximate surface area is 466 Å². The van der Waals surface area contributed by atoms with E-state index in [1.165, 1.54) is 33.3 Å². The Bertz CT molecular complexity index is 4650. The van der Waals surface area contributed by atoms with Crippen LogP contribution in [0.4, 0.5) is 28.4 Å². The molecule has 5 nitrogen and oxygen atoms in total. The Hall–Kier alpha value is -9.00. The van der Waals surface area contributed by atoms with Crippen molar-refractivity contribution in [2.24, 2.45) is 0 Å². The molecule has 0 unspecified atom stereocenters. The van der Waals surface area contributed by atoms with Crippen molar-refractivity contribution < 1.29 is 13.3 Å². The highest BCUT2D eigenvalue weighted by Crippen LogP contribution is 2.56. The van der Waals surface area contributed by atoms with Gasteiger partial charge in [0.2, 0.25) is 0 Å². The minimum atomic E-state index is -0.339. The molecule has 0 amide bonds. The van der Waals surface area contributed by atoms with Crippen molar-refractivity contribution in [3.05, 3.63) is 223 Å². The number of unbranched alkanes of at least 4 members (excludes halogenated alkanes) is 1. The fourth-order valence-corrected chi connectivity index (χ4v) is 14.1. The molecule has 1 aliphatic carbocycles. The van der Waals surface area contributed by atoms with Crippen LogP contribution < -0.4 is 20.6 Å². The van der Waals surface area contributed by atoms with E-state index in [-0.39, 0.29) is 17.7 Å². The van der Waals surface area contributed by atoms with E-state index in [0.29, 0.717) is 0 Å². The summed E-state index contributed by atoms with van der Waals surface area (Å²) in [6.07, 6.45) is 5.51. The van der Waals surface area contributed by atoms with Gasteiger partial charge in [0, 0.05) is 72.3 Å². The minimum Gasteiger partial charge on any atom is -0.456 e. The van der Waals surface area contributed by atoms with Gasteiger partial charge in [-0.2, -0.15) is 0 Å². The summed E-state index contributed by atoms with van der Waals surface area (Å²) in [5.74, 6) is 0.846. The molecule has 0 saturated carbocycles. The second-order valence-corrected chi connectivity index (χ2v) is 24.0.